The number of rotatable bonds is 6. The maximum atomic E-state index is 11.8. The van der Waals surface area contributed by atoms with Gasteiger partial charge in [0.2, 0.25) is 0 Å². The van der Waals surface area contributed by atoms with Crippen molar-refractivity contribution in [3.05, 3.63) is 33.4 Å². The quantitative estimate of drug-likeness (QED) is 0.481. The van der Waals surface area contributed by atoms with E-state index in [9.17, 15) is 9.59 Å². The molecule has 0 fully saturated rings. The van der Waals surface area contributed by atoms with Crippen LogP contribution in [0.15, 0.2) is 24.3 Å². The monoisotopic (exact) mass is 361 g/mol. The van der Waals surface area contributed by atoms with Gasteiger partial charge >= 0.3 is 5.97 Å². The second kappa shape index (κ2) is 8.07. The molecule has 1 N–H and O–H groups in total. The largest absolute Gasteiger partial charge is 0.466 e. The minimum Gasteiger partial charge on any atom is -0.466 e. The Morgan fingerprint density at radius 2 is 2.06 bits per heavy atom. The van der Waals surface area contributed by atoms with E-state index in [1.807, 2.05) is 18.2 Å². The first kappa shape index (κ1) is 14.9. The highest BCUT2D eigenvalue weighted by Gasteiger charge is 2.08. The number of hydrogen-bond acceptors (Lipinski definition) is 3. The van der Waals surface area contributed by atoms with E-state index in [1.165, 1.54) is 0 Å². The summed E-state index contributed by atoms with van der Waals surface area (Å²) >= 11 is 2.12. The molecule has 1 rings (SSSR count). The number of carbonyl (C=O) groups excluding carboxylic acids is 2. The van der Waals surface area contributed by atoms with Gasteiger partial charge in [-0.05, 0) is 48.1 Å². The molecule has 0 aliphatic heterocycles. The summed E-state index contributed by atoms with van der Waals surface area (Å²) in [5, 5.41) is 2.79. The van der Waals surface area contributed by atoms with Crippen LogP contribution < -0.4 is 5.32 Å². The zero-order valence-corrected chi connectivity index (χ0v) is 12.4. The van der Waals surface area contributed by atoms with Gasteiger partial charge in [-0.15, -0.1) is 0 Å². The average Bonchev–Trinajstić information content (AvgIpc) is 2.35. The Morgan fingerprint density at radius 1 is 1.33 bits per heavy atom. The minimum absolute atomic E-state index is 0.108. The highest BCUT2D eigenvalue weighted by molar-refractivity contribution is 14.1. The predicted octanol–water partition coefficient (Wildman–Crippen LogP) is 2.36. The Balaban J connectivity index is 2.30. The molecule has 0 bridgehead atoms. The van der Waals surface area contributed by atoms with Gasteiger partial charge in [-0.25, -0.2) is 0 Å². The standard InChI is InChI=1S/C13H16INO3/c1-2-18-12(16)8-5-9-15-13(17)10-6-3-4-7-11(10)14/h3-4,6-7H,2,5,8-9H2,1H3,(H,15,17). The number of carbonyl (C=O) groups is 2. The van der Waals surface area contributed by atoms with Crippen molar-refractivity contribution in [3.8, 4) is 0 Å². The molecule has 1 aromatic carbocycles. The number of hydrogen-bond donors (Lipinski definition) is 1. The molecular formula is C13H16INO3. The third kappa shape index (κ3) is 5.03. The molecule has 0 radical (unpaired) electrons. The molecule has 0 aliphatic rings. The van der Waals surface area contributed by atoms with Crippen LogP contribution in [-0.4, -0.2) is 25.0 Å². The minimum atomic E-state index is -0.221. The fourth-order valence-corrected chi connectivity index (χ4v) is 2.04. The number of halogens is 1. The van der Waals surface area contributed by atoms with Crippen LogP contribution in [0.4, 0.5) is 0 Å². The first-order valence-electron chi connectivity index (χ1n) is 5.83. The fraction of sp³-hybridized carbons (Fsp3) is 0.385. The van der Waals surface area contributed by atoms with E-state index in [0.29, 0.717) is 31.6 Å². The van der Waals surface area contributed by atoms with Crippen molar-refractivity contribution in [2.24, 2.45) is 0 Å². The van der Waals surface area contributed by atoms with E-state index in [2.05, 4.69) is 27.9 Å². The molecule has 1 amide bonds. The van der Waals surface area contributed by atoms with Gasteiger partial charge in [0.25, 0.3) is 5.91 Å². The van der Waals surface area contributed by atoms with Crippen molar-refractivity contribution in [1.29, 1.82) is 0 Å². The molecule has 1 aromatic rings. The molecule has 18 heavy (non-hydrogen) atoms. The molecule has 0 aromatic heterocycles. The number of benzene rings is 1. The van der Waals surface area contributed by atoms with Crippen molar-refractivity contribution in [2.75, 3.05) is 13.2 Å². The molecule has 4 nitrogen and oxygen atoms in total. The van der Waals surface area contributed by atoms with Crippen molar-refractivity contribution in [3.63, 3.8) is 0 Å². The van der Waals surface area contributed by atoms with Crippen LogP contribution in [0, 0.1) is 3.57 Å². The predicted molar refractivity (Wildman–Crippen MR) is 77.4 cm³/mol. The third-order valence-electron chi connectivity index (χ3n) is 2.27. The van der Waals surface area contributed by atoms with Gasteiger partial charge in [-0.2, -0.15) is 0 Å². The Kier molecular flexibility index (Phi) is 6.70. The van der Waals surface area contributed by atoms with Crippen LogP contribution in [0.5, 0.6) is 0 Å². The summed E-state index contributed by atoms with van der Waals surface area (Å²) in [5.74, 6) is -0.329. The maximum Gasteiger partial charge on any atom is 0.305 e. The van der Waals surface area contributed by atoms with Crippen LogP contribution in [0.3, 0.4) is 0 Å². The molecule has 0 spiro atoms. The van der Waals surface area contributed by atoms with Crippen LogP contribution in [0.2, 0.25) is 0 Å². The number of esters is 1. The molecule has 0 unspecified atom stereocenters. The highest BCUT2D eigenvalue weighted by atomic mass is 127. The summed E-state index contributed by atoms with van der Waals surface area (Å²) in [6.07, 6.45) is 0.925. The Bertz CT molecular complexity index is 420. The molecular weight excluding hydrogens is 345 g/mol. The summed E-state index contributed by atoms with van der Waals surface area (Å²) in [6, 6.07) is 7.38. The summed E-state index contributed by atoms with van der Waals surface area (Å²) in [5.41, 5.74) is 0.661. The number of amides is 1. The summed E-state index contributed by atoms with van der Waals surface area (Å²) in [6.45, 7) is 2.65. The average molecular weight is 361 g/mol. The van der Waals surface area contributed by atoms with Crippen molar-refractivity contribution >= 4 is 34.5 Å². The molecule has 0 atom stereocenters. The number of ether oxygens (including phenoxy) is 1. The van der Waals surface area contributed by atoms with Gasteiger partial charge in [0.15, 0.2) is 0 Å². The zero-order chi connectivity index (χ0) is 13.4. The molecule has 5 heteroatoms. The van der Waals surface area contributed by atoms with Crippen molar-refractivity contribution in [2.45, 2.75) is 19.8 Å². The Morgan fingerprint density at radius 3 is 2.72 bits per heavy atom. The molecule has 98 valence electrons. The van der Waals surface area contributed by atoms with Crippen molar-refractivity contribution in [1.82, 2.24) is 5.32 Å². The lowest BCUT2D eigenvalue weighted by Gasteiger charge is -2.06. The van der Waals surface area contributed by atoms with E-state index >= 15 is 0 Å². The first-order chi connectivity index (χ1) is 8.65. The maximum absolute atomic E-state index is 11.8. The highest BCUT2D eigenvalue weighted by Crippen LogP contribution is 2.10. The van der Waals surface area contributed by atoms with E-state index in [4.69, 9.17) is 4.74 Å². The van der Waals surface area contributed by atoms with Gasteiger partial charge < -0.3 is 10.1 Å². The lowest BCUT2D eigenvalue weighted by Crippen LogP contribution is -2.25. The van der Waals surface area contributed by atoms with E-state index in [1.54, 1.807) is 13.0 Å². The van der Waals surface area contributed by atoms with Gasteiger partial charge in [0.05, 0.1) is 12.2 Å². The molecule has 0 saturated carbocycles. The molecule has 0 aliphatic carbocycles. The second-order valence-electron chi connectivity index (χ2n) is 3.64. The normalized spacial score (nSPS) is 9.89. The van der Waals surface area contributed by atoms with Gasteiger partial charge in [-0.3, -0.25) is 9.59 Å². The van der Waals surface area contributed by atoms with E-state index in [-0.39, 0.29) is 11.9 Å². The fourth-order valence-electron chi connectivity index (χ4n) is 1.41. The molecule has 0 heterocycles. The first-order valence-corrected chi connectivity index (χ1v) is 6.91. The lowest BCUT2D eigenvalue weighted by molar-refractivity contribution is -0.143. The third-order valence-corrected chi connectivity index (χ3v) is 3.21. The summed E-state index contributed by atoms with van der Waals surface area (Å²) in [7, 11) is 0. The van der Waals surface area contributed by atoms with Crippen molar-refractivity contribution < 1.29 is 14.3 Å². The van der Waals surface area contributed by atoms with E-state index < -0.39 is 0 Å². The van der Waals surface area contributed by atoms with E-state index in [0.717, 1.165) is 3.57 Å². The van der Waals surface area contributed by atoms with Gasteiger partial charge in [0, 0.05) is 16.5 Å². The zero-order valence-electron chi connectivity index (χ0n) is 10.2. The SMILES string of the molecule is CCOC(=O)CCCNC(=O)c1ccccc1I. The van der Waals surface area contributed by atoms with Crippen LogP contribution in [-0.2, 0) is 9.53 Å². The summed E-state index contributed by atoms with van der Waals surface area (Å²) in [4.78, 5) is 22.9. The Labute approximate surface area is 120 Å². The second-order valence-corrected chi connectivity index (χ2v) is 4.81. The van der Waals surface area contributed by atoms with Crippen LogP contribution in [0.1, 0.15) is 30.1 Å². The Hall–Kier alpha value is -1.11. The van der Waals surface area contributed by atoms with Crippen LogP contribution >= 0.6 is 22.6 Å². The smallest absolute Gasteiger partial charge is 0.305 e. The van der Waals surface area contributed by atoms with Crippen LogP contribution in [0.25, 0.3) is 0 Å². The van der Waals surface area contributed by atoms with Gasteiger partial charge in [0.1, 0.15) is 0 Å². The summed E-state index contributed by atoms with van der Waals surface area (Å²) < 4.78 is 5.71. The molecule has 0 saturated heterocycles. The lowest BCUT2D eigenvalue weighted by atomic mass is 10.2. The number of nitrogens with one attached hydrogen (secondary N) is 1. The van der Waals surface area contributed by atoms with Gasteiger partial charge in [-0.1, -0.05) is 12.1 Å². The topological polar surface area (TPSA) is 55.4 Å².